The molecule has 2 rings (SSSR count). The van der Waals surface area contributed by atoms with Crippen LogP contribution in [-0.2, 0) is 10.8 Å². The van der Waals surface area contributed by atoms with Crippen LogP contribution in [0.25, 0.3) is 0 Å². The fourth-order valence-corrected chi connectivity index (χ4v) is 2.24. The molecule has 0 aliphatic rings. The molecule has 25 heavy (non-hydrogen) atoms. The van der Waals surface area contributed by atoms with Gasteiger partial charge in [0, 0.05) is 0 Å². The summed E-state index contributed by atoms with van der Waals surface area (Å²) in [6.07, 6.45) is 0. The van der Waals surface area contributed by atoms with E-state index in [4.69, 9.17) is 9.31 Å². The van der Waals surface area contributed by atoms with Crippen LogP contribution in [0.3, 0.4) is 0 Å². The van der Waals surface area contributed by atoms with E-state index < -0.39 is 10.8 Å². The predicted molar refractivity (Wildman–Crippen MR) is 98.6 cm³/mol. The van der Waals surface area contributed by atoms with Gasteiger partial charge >= 0.3 is 7.69 Å². The molecule has 0 unspecified atom stereocenters. The lowest BCUT2D eigenvalue weighted by atomic mass is 9.86. The number of nitriles is 2. The lowest BCUT2D eigenvalue weighted by Gasteiger charge is -2.18. The van der Waals surface area contributed by atoms with E-state index >= 15 is 0 Å². The van der Waals surface area contributed by atoms with E-state index in [-0.39, 0.29) is 7.69 Å². The number of hydrogen-bond donors (Lipinski definition) is 0. The SMILES string of the molecule is CC(C)(C#N)c1cccc(OBOc2cccc(C(C)(C)C#N)c2)c1. The summed E-state index contributed by atoms with van der Waals surface area (Å²) in [6.45, 7) is 7.46. The van der Waals surface area contributed by atoms with Crippen molar-refractivity contribution in [1.29, 1.82) is 10.5 Å². The highest BCUT2D eigenvalue weighted by atomic mass is 16.6. The van der Waals surface area contributed by atoms with Crippen molar-refractivity contribution in [3.63, 3.8) is 0 Å². The van der Waals surface area contributed by atoms with E-state index in [9.17, 15) is 10.5 Å². The van der Waals surface area contributed by atoms with Gasteiger partial charge in [0.05, 0.1) is 23.0 Å². The minimum Gasteiger partial charge on any atom is -0.529 e. The van der Waals surface area contributed by atoms with Gasteiger partial charge < -0.3 is 9.31 Å². The predicted octanol–water partition coefficient (Wildman–Crippen LogP) is 4.01. The van der Waals surface area contributed by atoms with Gasteiger partial charge in [-0.05, 0) is 63.1 Å². The molecule has 0 spiro atoms. The topological polar surface area (TPSA) is 66.0 Å². The van der Waals surface area contributed by atoms with Gasteiger partial charge in [-0.25, -0.2) is 0 Å². The first-order chi connectivity index (χ1) is 11.8. The van der Waals surface area contributed by atoms with Crippen molar-refractivity contribution >= 4 is 7.69 Å². The molecule has 0 aromatic heterocycles. The van der Waals surface area contributed by atoms with Crippen molar-refractivity contribution in [1.82, 2.24) is 0 Å². The van der Waals surface area contributed by atoms with Gasteiger partial charge in [-0.3, -0.25) is 0 Å². The summed E-state index contributed by atoms with van der Waals surface area (Å²) in [5, 5.41) is 18.5. The Morgan fingerprint density at radius 1 is 0.760 bits per heavy atom. The van der Waals surface area contributed by atoms with Gasteiger partial charge in [0.15, 0.2) is 0 Å². The summed E-state index contributed by atoms with van der Waals surface area (Å²) in [4.78, 5) is 0. The molecule has 0 N–H and O–H groups in total. The van der Waals surface area contributed by atoms with Crippen molar-refractivity contribution in [3.05, 3.63) is 59.7 Å². The Kier molecular flexibility index (Phi) is 5.40. The fourth-order valence-electron chi connectivity index (χ4n) is 2.24. The third-order valence-corrected chi connectivity index (χ3v) is 4.12. The summed E-state index contributed by atoms with van der Waals surface area (Å²) in [5.74, 6) is 1.30. The van der Waals surface area contributed by atoms with Gasteiger partial charge in [-0.2, -0.15) is 10.5 Å². The van der Waals surface area contributed by atoms with Gasteiger partial charge in [0.2, 0.25) is 0 Å². The van der Waals surface area contributed by atoms with Crippen molar-refractivity contribution < 1.29 is 9.31 Å². The molecule has 0 bridgehead atoms. The summed E-state index contributed by atoms with van der Waals surface area (Å²) >= 11 is 0. The molecule has 4 nitrogen and oxygen atoms in total. The normalized spacial score (nSPS) is 11.1. The summed E-state index contributed by atoms with van der Waals surface area (Å²) in [7, 11) is 0.0485. The van der Waals surface area contributed by atoms with Crippen LogP contribution in [0.15, 0.2) is 48.5 Å². The smallest absolute Gasteiger partial charge is 0.529 e. The zero-order valence-electron chi connectivity index (χ0n) is 15.0. The van der Waals surface area contributed by atoms with Crippen LogP contribution in [0.4, 0.5) is 0 Å². The quantitative estimate of drug-likeness (QED) is 0.750. The first kappa shape index (κ1) is 18.4. The average molecular weight is 332 g/mol. The first-order valence-corrected chi connectivity index (χ1v) is 8.08. The van der Waals surface area contributed by atoms with E-state index in [1.165, 1.54) is 0 Å². The zero-order valence-corrected chi connectivity index (χ0v) is 15.0. The van der Waals surface area contributed by atoms with Crippen LogP contribution < -0.4 is 9.31 Å². The van der Waals surface area contributed by atoms with Crippen LogP contribution in [0.2, 0.25) is 0 Å². The molecule has 0 radical (unpaired) electrons. The van der Waals surface area contributed by atoms with Crippen molar-refractivity contribution in [2.75, 3.05) is 0 Å². The van der Waals surface area contributed by atoms with Gasteiger partial charge in [0.25, 0.3) is 0 Å². The highest BCUT2D eigenvalue weighted by molar-refractivity contribution is 6.20. The molecule has 0 amide bonds. The summed E-state index contributed by atoms with van der Waals surface area (Å²) in [5.41, 5.74) is 0.644. The number of hydrogen-bond acceptors (Lipinski definition) is 4. The molecule has 0 heterocycles. The van der Waals surface area contributed by atoms with Crippen molar-refractivity contribution in [2.24, 2.45) is 0 Å². The van der Waals surface area contributed by atoms with E-state index in [1.807, 2.05) is 76.2 Å². The second kappa shape index (κ2) is 7.32. The molecule has 0 aliphatic heterocycles. The Morgan fingerprint density at radius 2 is 1.16 bits per heavy atom. The zero-order chi connectivity index (χ0) is 18.5. The third kappa shape index (κ3) is 4.55. The average Bonchev–Trinajstić information content (AvgIpc) is 2.62. The largest absolute Gasteiger partial charge is 0.576 e. The van der Waals surface area contributed by atoms with Crippen molar-refractivity contribution in [2.45, 2.75) is 38.5 Å². The first-order valence-electron chi connectivity index (χ1n) is 8.08. The Hall–Kier alpha value is -2.92. The van der Waals surface area contributed by atoms with Crippen LogP contribution in [-0.4, -0.2) is 7.69 Å². The molecule has 0 saturated carbocycles. The van der Waals surface area contributed by atoms with Crippen LogP contribution >= 0.6 is 0 Å². The molecular formula is C20H21BN2O2. The van der Waals surface area contributed by atoms with Gasteiger partial charge in [-0.15, -0.1) is 0 Å². The highest BCUT2D eigenvalue weighted by Gasteiger charge is 2.21. The van der Waals surface area contributed by atoms with E-state index in [0.29, 0.717) is 11.5 Å². The number of rotatable bonds is 6. The number of benzene rings is 2. The molecule has 2 aromatic rings. The maximum atomic E-state index is 9.24. The molecule has 5 heteroatoms. The highest BCUT2D eigenvalue weighted by Crippen LogP contribution is 2.27. The Morgan fingerprint density at radius 3 is 1.52 bits per heavy atom. The van der Waals surface area contributed by atoms with E-state index in [1.54, 1.807) is 0 Å². The van der Waals surface area contributed by atoms with Crippen LogP contribution in [0.5, 0.6) is 11.5 Å². The number of nitrogens with zero attached hydrogens (tertiary/aromatic N) is 2. The maximum Gasteiger partial charge on any atom is 0.576 e. The minimum absolute atomic E-state index is 0.0485. The molecule has 0 aliphatic carbocycles. The lowest BCUT2D eigenvalue weighted by Crippen LogP contribution is -2.16. The minimum atomic E-state index is -0.572. The van der Waals surface area contributed by atoms with Crippen LogP contribution in [0, 0.1) is 22.7 Å². The van der Waals surface area contributed by atoms with Gasteiger partial charge in [0.1, 0.15) is 11.5 Å². The Bertz CT molecular complexity index is 763. The summed E-state index contributed by atoms with van der Waals surface area (Å²) < 4.78 is 11.3. The monoisotopic (exact) mass is 332 g/mol. The second-order valence-electron chi connectivity index (χ2n) is 6.94. The molecule has 126 valence electrons. The van der Waals surface area contributed by atoms with Crippen molar-refractivity contribution in [3.8, 4) is 23.6 Å². The van der Waals surface area contributed by atoms with E-state index in [0.717, 1.165) is 11.1 Å². The fraction of sp³-hybridized carbons (Fsp3) is 0.300. The molecule has 0 atom stereocenters. The third-order valence-electron chi connectivity index (χ3n) is 4.12. The molecule has 2 aromatic carbocycles. The van der Waals surface area contributed by atoms with E-state index in [2.05, 4.69) is 12.1 Å². The maximum absolute atomic E-state index is 9.24. The molecule has 0 fully saturated rings. The van der Waals surface area contributed by atoms with Gasteiger partial charge in [-0.1, -0.05) is 24.3 Å². The molecular weight excluding hydrogens is 311 g/mol. The lowest BCUT2D eigenvalue weighted by molar-refractivity contribution is 0.457. The Labute approximate surface area is 149 Å². The summed E-state index contributed by atoms with van der Waals surface area (Å²) in [6, 6.07) is 19.5. The van der Waals surface area contributed by atoms with Crippen LogP contribution in [0.1, 0.15) is 38.8 Å². The standard InChI is InChI=1S/C20H21BN2O2/c1-19(2,13-22)15-7-5-9-17(11-15)24-21-25-18-10-6-8-16(12-18)20(3,4)14-23/h5-12,21H,1-4H3. The molecule has 0 saturated heterocycles. The second-order valence-corrected chi connectivity index (χ2v) is 6.94. The Balaban J connectivity index is 2.03.